The van der Waals surface area contributed by atoms with Gasteiger partial charge in [-0.3, -0.25) is 4.79 Å². The topological polar surface area (TPSA) is 47.6 Å². The van der Waals surface area contributed by atoms with Crippen LogP contribution in [0.15, 0.2) is 24.3 Å². The Morgan fingerprint density at radius 1 is 1.50 bits per heavy atom. The summed E-state index contributed by atoms with van der Waals surface area (Å²) in [5.41, 5.74) is 0.636. The van der Waals surface area contributed by atoms with Crippen molar-refractivity contribution in [3.8, 4) is 5.75 Å². The summed E-state index contributed by atoms with van der Waals surface area (Å²) in [7, 11) is 0. The van der Waals surface area contributed by atoms with Crippen LogP contribution in [-0.2, 0) is 4.74 Å². The van der Waals surface area contributed by atoms with Crippen LogP contribution < -0.4 is 10.1 Å². The molecule has 0 aromatic heterocycles. The van der Waals surface area contributed by atoms with Crippen molar-refractivity contribution in [1.29, 1.82) is 0 Å². The fraction of sp³-hybridized carbons (Fsp3) is 0.562. The van der Waals surface area contributed by atoms with Crippen LogP contribution in [0.3, 0.4) is 0 Å². The van der Waals surface area contributed by atoms with Gasteiger partial charge in [0.05, 0.1) is 12.7 Å². The molecule has 1 aromatic carbocycles. The molecule has 20 heavy (non-hydrogen) atoms. The molecule has 1 heterocycles. The average molecular weight is 277 g/mol. The fourth-order valence-corrected chi connectivity index (χ4v) is 2.18. The lowest BCUT2D eigenvalue weighted by molar-refractivity contribution is 0.0857. The summed E-state index contributed by atoms with van der Waals surface area (Å²) in [4.78, 5) is 12.1. The highest BCUT2D eigenvalue weighted by atomic mass is 16.5. The number of nitrogens with one attached hydrogen (secondary N) is 1. The molecule has 1 N–H and O–H groups in total. The summed E-state index contributed by atoms with van der Waals surface area (Å²) in [6.45, 7) is 4.21. The second-order valence-electron chi connectivity index (χ2n) is 5.07. The van der Waals surface area contributed by atoms with Gasteiger partial charge in [0.1, 0.15) is 5.75 Å². The molecule has 1 aliphatic rings. The maximum atomic E-state index is 12.1. The van der Waals surface area contributed by atoms with Crippen molar-refractivity contribution in [2.75, 3.05) is 19.8 Å². The van der Waals surface area contributed by atoms with Crippen LogP contribution in [0.5, 0.6) is 5.75 Å². The third kappa shape index (κ3) is 4.53. The van der Waals surface area contributed by atoms with E-state index in [1.54, 1.807) is 12.1 Å². The standard InChI is InChI=1S/C16H23NO3/c1-2-3-9-19-14-7-4-6-13(11-14)16(18)17-12-15-8-5-10-20-15/h4,6-7,11,15H,2-3,5,8-10,12H2,1H3,(H,17,18)/t15-/m1/s1. The number of benzene rings is 1. The molecule has 4 nitrogen and oxygen atoms in total. The van der Waals surface area contributed by atoms with Crippen LogP contribution in [0.2, 0.25) is 0 Å². The first-order valence-corrected chi connectivity index (χ1v) is 7.42. The molecule has 0 radical (unpaired) electrons. The zero-order valence-corrected chi connectivity index (χ0v) is 12.1. The summed E-state index contributed by atoms with van der Waals surface area (Å²) < 4.78 is 11.1. The second kappa shape index (κ2) is 7.90. The first-order chi connectivity index (χ1) is 9.79. The molecule has 0 unspecified atom stereocenters. The van der Waals surface area contributed by atoms with E-state index in [4.69, 9.17) is 9.47 Å². The van der Waals surface area contributed by atoms with E-state index in [1.807, 2.05) is 12.1 Å². The number of amides is 1. The molecule has 0 spiro atoms. The van der Waals surface area contributed by atoms with E-state index in [0.29, 0.717) is 18.7 Å². The van der Waals surface area contributed by atoms with Gasteiger partial charge in [-0.2, -0.15) is 0 Å². The highest BCUT2D eigenvalue weighted by Crippen LogP contribution is 2.14. The molecular formula is C16H23NO3. The van der Waals surface area contributed by atoms with Crippen LogP contribution in [-0.4, -0.2) is 31.8 Å². The number of carbonyl (C=O) groups is 1. The smallest absolute Gasteiger partial charge is 0.251 e. The third-order valence-corrected chi connectivity index (χ3v) is 3.38. The molecule has 1 atom stereocenters. The van der Waals surface area contributed by atoms with E-state index >= 15 is 0 Å². The van der Waals surface area contributed by atoms with Gasteiger partial charge in [-0.25, -0.2) is 0 Å². The maximum absolute atomic E-state index is 12.1. The van der Waals surface area contributed by atoms with Gasteiger partial charge < -0.3 is 14.8 Å². The highest BCUT2D eigenvalue weighted by molar-refractivity contribution is 5.94. The number of hydrogen-bond acceptors (Lipinski definition) is 3. The molecule has 2 rings (SSSR count). The first-order valence-electron chi connectivity index (χ1n) is 7.42. The Hall–Kier alpha value is -1.55. The van der Waals surface area contributed by atoms with Gasteiger partial charge in [0, 0.05) is 18.7 Å². The molecule has 4 heteroatoms. The number of unbranched alkanes of at least 4 members (excludes halogenated alkanes) is 1. The molecule has 1 aromatic rings. The Morgan fingerprint density at radius 3 is 3.15 bits per heavy atom. The Balaban J connectivity index is 1.83. The summed E-state index contributed by atoms with van der Waals surface area (Å²) in [6.07, 6.45) is 4.40. The Labute approximate surface area is 120 Å². The van der Waals surface area contributed by atoms with Gasteiger partial charge in [-0.05, 0) is 37.5 Å². The van der Waals surface area contributed by atoms with E-state index in [9.17, 15) is 4.79 Å². The number of ether oxygens (including phenoxy) is 2. The van der Waals surface area contributed by atoms with Crippen molar-refractivity contribution in [3.05, 3.63) is 29.8 Å². The van der Waals surface area contributed by atoms with Crippen molar-refractivity contribution in [1.82, 2.24) is 5.32 Å². The van der Waals surface area contributed by atoms with Crippen molar-refractivity contribution in [2.24, 2.45) is 0 Å². The average Bonchev–Trinajstić information content (AvgIpc) is 2.99. The first kappa shape index (κ1) is 14.9. The normalized spacial score (nSPS) is 17.9. The minimum atomic E-state index is -0.0681. The van der Waals surface area contributed by atoms with Crippen LogP contribution in [0, 0.1) is 0 Å². The molecule has 0 bridgehead atoms. The number of hydrogen-bond donors (Lipinski definition) is 1. The van der Waals surface area contributed by atoms with Crippen LogP contribution >= 0.6 is 0 Å². The van der Waals surface area contributed by atoms with Crippen LogP contribution in [0.25, 0.3) is 0 Å². The zero-order valence-electron chi connectivity index (χ0n) is 12.1. The predicted octanol–water partition coefficient (Wildman–Crippen LogP) is 2.77. The quantitative estimate of drug-likeness (QED) is 0.780. The van der Waals surface area contributed by atoms with Gasteiger partial charge in [0.25, 0.3) is 5.91 Å². The van der Waals surface area contributed by atoms with Gasteiger partial charge in [-0.15, -0.1) is 0 Å². The molecular weight excluding hydrogens is 254 g/mol. The van der Waals surface area contributed by atoms with Crippen LogP contribution in [0.1, 0.15) is 43.0 Å². The molecule has 1 aliphatic heterocycles. The maximum Gasteiger partial charge on any atom is 0.251 e. The molecule has 110 valence electrons. The largest absolute Gasteiger partial charge is 0.494 e. The molecule has 1 fully saturated rings. The number of carbonyl (C=O) groups excluding carboxylic acids is 1. The van der Waals surface area contributed by atoms with Crippen molar-refractivity contribution < 1.29 is 14.3 Å². The summed E-state index contributed by atoms with van der Waals surface area (Å²) >= 11 is 0. The van der Waals surface area contributed by atoms with E-state index in [1.165, 1.54) is 0 Å². The third-order valence-electron chi connectivity index (χ3n) is 3.38. The summed E-state index contributed by atoms with van der Waals surface area (Å²) in [6, 6.07) is 7.33. The Morgan fingerprint density at radius 2 is 2.40 bits per heavy atom. The van der Waals surface area contributed by atoms with E-state index in [-0.39, 0.29) is 12.0 Å². The van der Waals surface area contributed by atoms with Gasteiger partial charge in [-0.1, -0.05) is 19.4 Å². The van der Waals surface area contributed by atoms with Crippen molar-refractivity contribution in [2.45, 2.75) is 38.7 Å². The minimum Gasteiger partial charge on any atom is -0.494 e. The highest BCUT2D eigenvalue weighted by Gasteiger charge is 2.16. The lowest BCUT2D eigenvalue weighted by atomic mass is 10.2. The second-order valence-corrected chi connectivity index (χ2v) is 5.07. The van der Waals surface area contributed by atoms with Crippen molar-refractivity contribution >= 4 is 5.91 Å². The SMILES string of the molecule is CCCCOc1cccc(C(=O)NC[C@H]2CCCO2)c1. The lowest BCUT2D eigenvalue weighted by Gasteiger charge is -2.11. The molecule has 0 saturated carbocycles. The predicted molar refractivity (Wildman–Crippen MR) is 78.2 cm³/mol. The van der Waals surface area contributed by atoms with Crippen LogP contribution in [0.4, 0.5) is 0 Å². The van der Waals surface area contributed by atoms with E-state index in [2.05, 4.69) is 12.2 Å². The Kier molecular flexibility index (Phi) is 5.87. The van der Waals surface area contributed by atoms with Gasteiger partial charge >= 0.3 is 0 Å². The molecule has 1 amide bonds. The van der Waals surface area contributed by atoms with Gasteiger partial charge in [0.15, 0.2) is 0 Å². The van der Waals surface area contributed by atoms with Gasteiger partial charge in [0.2, 0.25) is 0 Å². The molecule has 1 saturated heterocycles. The minimum absolute atomic E-state index is 0.0681. The van der Waals surface area contributed by atoms with E-state index < -0.39 is 0 Å². The number of rotatable bonds is 7. The lowest BCUT2D eigenvalue weighted by Crippen LogP contribution is -2.31. The van der Waals surface area contributed by atoms with E-state index in [0.717, 1.165) is 38.0 Å². The monoisotopic (exact) mass is 277 g/mol. The fourth-order valence-electron chi connectivity index (χ4n) is 2.18. The molecule has 0 aliphatic carbocycles. The summed E-state index contributed by atoms with van der Waals surface area (Å²) in [5.74, 6) is 0.685. The summed E-state index contributed by atoms with van der Waals surface area (Å²) in [5, 5.41) is 2.92. The Bertz CT molecular complexity index is 427. The van der Waals surface area contributed by atoms with Crippen molar-refractivity contribution in [3.63, 3.8) is 0 Å². The zero-order chi connectivity index (χ0) is 14.2.